The van der Waals surface area contributed by atoms with E-state index in [1.54, 1.807) is 0 Å². The summed E-state index contributed by atoms with van der Waals surface area (Å²) in [6.45, 7) is 11.4. The van der Waals surface area contributed by atoms with Crippen molar-refractivity contribution in [2.24, 2.45) is 12.8 Å². The van der Waals surface area contributed by atoms with Crippen LogP contribution in [0, 0.1) is 13.8 Å². The zero-order valence-electron chi connectivity index (χ0n) is 14.1. The average molecular weight is 285 g/mol. The van der Waals surface area contributed by atoms with E-state index in [1.165, 1.54) is 22.4 Å². The number of rotatable bonds is 3. The third-order valence-corrected chi connectivity index (χ3v) is 4.09. The van der Waals surface area contributed by atoms with Crippen LogP contribution in [-0.4, -0.2) is 16.3 Å². The molecule has 1 aromatic carbocycles. The van der Waals surface area contributed by atoms with E-state index in [2.05, 4.69) is 64.0 Å². The zero-order chi connectivity index (χ0) is 15.8. The first-order valence-electron chi connectivity index (χ1n) is 7.55. The summed E-state index contributed by atoms with van der Waals surface area (Å²) >= 11 is 0. The zero-order valence-corrected chi connectivity index (χ0v) is 14.1. The van der Waals surface area contributed by atoms with Gasteiger partial charge in [0.1, 0.15) is 0 Å². The predicted octanol–water partition coefficient (Wildman–Crippen LogP) is 3.43. The highest BCUT2D eigenvalue weighted by Crippen LogP contribution is 2.30. The Hall–Kier alpha value is -1.61. The van der Waals surface area contributed by atoms with E-state index in [0.717, 1.165) is 5.69 Å². The van der Waals surface area contributed by atoms with E-state index >= 15 is 0 Å². The molecule has 0 aliphatic rings. The number of hydrogen-bond donors (Lipinski definition) is 1. The van der Waals surface area contributed by atoms with Crippen LogP contribution in [0.15, 0.2) is 24.3 Å². The van der Waals surface area contributed by atoms with Crippen LogP contribution >= 0.6 is 0 Å². The van der Waals surface area contributed by atoms with E-state index in [-0.39, 0.29) is 11.3 Å². The second-order valence-corrected chi connectivity index (χ2v) is 6.98. The van der Waals surface area contributed by atoms with Gasteiger partial charge in [0, 0.05) is 30.6 Å². The molecule has 3 nitrogen and oxygen atoms in total. The monoisotopic (exact) mass is 285 g/mol. The SMILES string of the molecule is Cc1ccc(C)c(C(CN)c2cc(C(C)(C)C)nn2C)c1. The van der Waals surface area contributed by atoms with Crippen molar-refractivity contribution in [3.63, 3.8) is 0 Å². The molecule has 0 radical (unpaired) electrons. The molecule has 1 atom stereocenters. The highest BCUT2D eigenvalue weighted by Gasteiger charge is 2.24. The molecule has 0 aliphatic heterocycles. The molecule has 1 heterocycles. The Morgan fingerprint density at radius 1 is 1.19 bits per heavy atom. The number of nitrogens with two attached hydrogens (primary N) is 1. The largest absolute Gasteiger partial charge is 0.329 e. The van der Waals surface area contributed by atoms with Gasteiger partial charge >= 0.3 is 0 Å². The molecule has 0 saturated heterocycles. The molecule has 2 N–H and O–H groups in total. The minimum Gasteiger partial charge on any atom is -0.329 e. The van der Waals surface area contributed by atoms with Gasteiger partial charge in [-0.05, 0) is 31.0 Å². The molecule has 0 aliphatic carbocycles. The molecule has 3 heteroatoms. The van der Waals surface area contributed by atoms with Gasteiger partial charge < -0.3 is 5.73 Å². The summed E-state index contributed by atoms with van der Waals surface area (Å²) in [5.74, 6) is 0.193. The Morgan fingerprint density at radius 2 is 1.86 bits per heavy atom. The number of aryl methyl sites for hydroxylation is 3. The third kappa shape index (κ3) is 3.18. The van der Waals surface area contributed by atoms with E-state index in [9.17, 15) is 0 Å². The highest BCUT2D eigenvalue weighted by atomic mass is 15.3. The molecule has 2 rings (SSSR count). The van der Waals surface area contributed by atoms with Gasteiger partial charge in [-0.2, -0.15) is 5.10 Å². The molecule has 0 saturated carbocycles. The fraction of sp³-hybridized carbons (Fsp3) is 0.500. The fourth-order valence-electron chi connectivity index (χ4n) is 2.72. The molecule has 1 aromatic heterocycles. The van der Waals surface area contributed by atoms with Crippen LogP contribution in [-0.2, 0) is 12.5 Å². The van der Waals surface area contributed by atoms with Crippen LogP contribution in [0.3, 0.4) is 0 Å². The molecule has 0 bridgehead atoms. The highest BCUT2D eigenvalue weighted by molar-refractivity contribution is 5.39. The van der Waals surface area contributed by atoms with Crippen LogP contribution in [0.1, 0.15) is 54.8 Å². The van der Waals surface area contributed by atoms with E-state index in [4.69, 9.17) is 5.73 Å². The maximum absolute atomic E-state index is 6.10. The lowest BCUT2D eigenvalue weighted by Crippen LogP contribution is -2.18. The van der Waals surface area contributed by atoms with Crippen LogP contribution < -0.4 is 5.73 Å². The third-order valence-electron chi connectivity index (χ3n) is 4.09. The summed E-state index contributed by atoms with van der Waals surface area (Å²) in [5, 5.41) is 4.69. The van der Waals surface area contributed by atoms with Gasteiger partial charge in [-0.25, -0.2) is 0 Å². The van der Waals surface area contributed by atoms with Gasteiger partial charge in [0.15, 0.2) is 0 Å². The molecular weight excluding hydrogens is 258 g/mol. The second-order valence-electron chi connectivity index (χ2n) is 6.98. The summed E-state index contributed by atoms with van der Waals surface area (Å²) in [5.41, 5.74) is 12.3. The smallest absolute Gasteiger partial charge is 0.0681 e. The predicted molar refractivity (Wildman–Crippen MR) is 88.7 cm³/mol. The standard InChI is InChI=1S/C18H27N3/c1-12-7-8-13(2)14(9-12)15(11-19)16-10-17(18(3,4)5)20-21(16)6/h7-10,15H,11,19H2,1-6H3. The molecular formula is C18H27N3. The molecule has 0 amide bonds. The Bertz CT molecular complexity index is 632. The summed E-state index contributed by atoms with van der Waals surface area (Å²) in [4.78, 5) is 0. The number of nitrogens with zero attached hydrogens (tertiary/aromatic N) is 2. The van der Waals surface area contributed by atoms with Gasteiger partial charge in [-0.1, -0.05) is 44.5 Å². The number of benzene rings is 1. The lowest BCUT2D eigenvalue weighted by Gasteiger charge is -2.18. The van der Waals surface area contributed by atoms with Crippen molar-refractivity contribution in [2.75, 3.05) is 6.54 Å². The normalized spacial score (nSPS) is 13.5. The van der Waals surface area contributed by atoms with Crippen LogP contribution in [0.2, 0.25) is 0 Å². The van der Waals surface area contributed by atoms with Crippen molar-refractivity contribution in [3.8, 4) is 0 Å². The molecule has 21 heavy (non-hydrogen) atoms. The average Bonchev–Trinajstić information content (AvgIpc) is 2.77. The molecule has 0 fully saturated rings. The van der Waals surface area contributed by atoms with Crippen molar-refractivity contribution in [1.29, 1.82) is 0 Å². The minimum atomic E-state index is 0.0524. The summed E-state index contributed by atoms with van der Waals surface area (Å²) in [6.07, 6.45) is 0. The number of hydrogen-bond acceptors (Lipinski definition) is 2. The van der Waals surface area contributed by atoms with Crippen molar-refractivity contribution in [1.82, 2.24) is 9.78 Å². The Labute approximate surface area is 128 Å². The van der Waals surface area contributed by atoms with E-state index in [1.807, 2.05) is 11.7 Å². The van der Waals surface area contributed by atoms with E-state index < -0.39 is 0 Å². The topological polar surface area (TPSA) is 43.8 Å². The van der Waals surface area contributed by atoms with Crippen LogP contribution in [0.5, 0.6) is 0 Å². The van der Waals surface area contributed by atoms with Crippen LogP contribution in [0.25, 0.3) is 0 Å². The van der Waals surface area contributed by atoms with Gasteiger partial charge in [-0.3, -0.25) is 4.68 Å². The number of aromatic nitrogens is 2. The van der Waals surface area contributed by atoms with Crippen molar-refractivity contribution < 1.29 is 0 Å². The van der Waals surface area contributed by atoms with Crippen molar-refractivity contribution in [2.45, 2.75) is 46.0 Å². The van der Waals surface area contributed by atoms with Crippen LogP contribution in [0.4, 0.5) is 0 Å². The van der Waals surface area contributed by atoms with Gasteiger partial charge in [-0.15, -0.1) is 0 Å². The van der Waals surface area contributed by atoms with Gasteiger partial charge in [0.25, 0.3) is 0 Å². The molecule has 2 aromatic rings. The van der Waals surface area contributed by atoms with Crippen molar-refractivity contribution in [3.05, 3.63) is 52.3 Å². The Balaban J connectivity index is 2.52. The maximum Gasteiger partial charge on any atom is 0.0681 e. The summed E-state index contributed by atoms with van der Waals surface area (Å²) in [6, 6.07) is 8.78. The first kappa shape index (κ1) is 15.8. The van der Waals surface area contributed by atoms with Crippen molar-refractivity contribution >= 4 is 0 Å². The molecule has 1 unspecified atom stereocenters. The molecule has 0 spiro atoms. The first-order valence-corrected chi connectivity index (χ1v) is 7.55. The summed E-state index contributed by atoms with van der Waals surface area (Å²) in [7, 11) is 2.01. The Kier molecular flexibility index (Phi) is 4.24. The van der Waals surface area contributed by atoms with Gasteiger partial charge in [0.05, 0.1) is 5.69 Å². The first-order chi connectivity index (χ1) is 9.74. The second kappa shape index (κ2) is 5.64. The summed E-state index contributed by atoms with van der Waals surface area (Å²) < 4.78 is 1.99. The van der Waals surface area contributed by atoms with Gasteiger partial charge in [0.2, 0.25) is 0 Å². The minimum absolute atomic E-state index is 0.0524. The lowest BCUT2D eigenvalue weighted by atomic mass is 9.88. The van der Waals surface area contributed by atoms with E-state index in [0.29, 0.717) is 6.54 Å². The Morgan fingerprint density at radius 3 is 2.38 bits per heavy atom. The molecule has 114 valence electrons. The maximum atomic E-state index is 6.10. The fourth-order valence-corrected chi connectivity index (χ4v) is 2.72. The lowest BCUT2D eigenvalue weighted by molar-refractivity contribution is 0.550. The quantitative estimate of drug-likeness (QED) is 0.939.